The van der Waals surface area contributed by atoms with Crippen molar-refractivity contribution in [2.24, 2.45) is 7.05 Å². The quantitative estimate of drug-likeness (QED) is 0.385. The van der Waals surface area contributed by atoms with E-state index < -0.39 is 0 Å². The first-order valence-electron chi connectivity index (χ1n) is 10.1. The molecule has 0 aliphatic carbocycles. The second-order valence-corrected chi connectivity index (χ2v) is 7.39. The smallest absolute Gasteiger partial charge is 0.161 e. The summed E-state index contributed by atoms with van der Waals surface area (Å²) >= 11 is 0. The number of aryl methyl sites for hydroxylation is 1. The molecule has 0 saturated heterocycles. The molecule has 0 radical (unpaired) electrons. The fourth-order valence-electron chi connectivity index (χ4n) is 3.61. The van der Waals surface area contributed by atoms with E-state index in [2.05, 4.69) is 54.6 Å². The fourth-order valence-corrected chi connectivity index (χ4v) is 3.61. The number of para-hydroxylation sites is 1. The van der Waals surface area contributed by atoms with Crippen LogP contribution in [0.1, 0.15) is 5.82 Å². The van der Waals surface area contributed by atoms with Crippen molar-refractivity contribution in [1.29, 1.82) is 0 Å². The summed E-state index contributed by atoms with van der Waals surface area (Å²) in [4.78, 5) is 4.40. The van der Waals surface area contributed by atoms with E-state index >= 15 is 0 Å². The molecule has 152 valence electrons. The molecule has 2 aromatic heterocycles. The highest BCUT2D eigenvalue weighted by atomic mass is 15.2. The summed E-state index contributed by atoms with van der Waals surface area (Å²) in [5.74, 6) is 2.42. The Morgan fingerprint density at radius 3 is 1.97 bits per heavy atom. The molecule has 0 amide bonds. The summed E-state index contributed by atoms with van der Waals surface area (Å²) in [5, 5.41) is 17.7. The molecule has 0 bridgehead atoms. The number of anilines is 4. The molecular weight excluding hydrogens is 384 g/mol. The molecule has 31 heavy (non-hydrogen) atoms. The van der Waals surface area contributed by atoms with Crippen LogP contribution in [0.2, 0.25) is 0 Å². The van der Waals surface area contributed by atoms with Crippen LogP contribution in [0.3, 0.4) is 0 Å². The maximum atomic E-state index is 4.48. The molecule has 0 atom stereocenters. The lowest BCUT2D eigenvalue weighted by molar-refractivity contribution is 0.865. The van der Waals surface area contributed by atoms with Gasteiger partial charge in [-0.25, -0.2) is 4.98 Å². The molecule has 2 N–H and O–H groups in total. The molecule has 6 heteroatoms. The van der Waals surface area contributed by atoms with Gasteiger partial charge >= 0.3 is 0 Å². The second kappa shape index (κ2) is 7.91. The summed E-state index contributed by atoms with van der Waals surface area (Å²) in [6.07, 6.45) is 1.90. The van der Waals surface area contributed by atoms with Crippen molar-refractivity contribution >= 4 is 33.8 Å². The average molecular weight is 406 g/mol. The van der Waals surface area contributed by atoms with E-state index in [4.69, 9.17) is 0 Å². The van der Waals surface area contributed by atoms with Crippen LogP contribution in [0.15, 0.2) is 85.1 Å². The van der Waals surface area contributed by atoms with E-state index in [0.717, 1.165) is 45.0 Å². The molecular formula is C25H22N6. The Bertz CT molecular complexity index is 1360. The number of nitrogens with one attached hydrogen (secondary N) is 2. The number of hydrogen-bond donors (Lipinski definition) is 2. The first kappa shape index (κ1) is 18.8. The first-order chi connectivity index (χ1) is 15.2. The van der Waals surface area contributed by atoms with Crippen LogP contribution >= 0.6 is 0 Å². The molecule has 5 aromatic rings. The molecule has 0 fully saturated rings. The van der Waals surface area contributed by atoms with Crippen molar-refractivity contribution in [2.75, 3.05) is 10.6 Å². The lowest BCUT2D eigenvalue weighted by Gasteiger charge is -2.13. The highest BCUT2D eigenvalue weighted by Gasteiger charge is 2.11. The molecule has 2 heterocycles. The Balaban J connectivity index is 1.50. The number of aromatic nitrogens is 4. The number of imidazole rings is 1. The highest BCUT2D eigenvalue weighted by molar-refractivity contribution is 6.00. The van der Waals surface area contributed by atoms with E-state index in [1.165, 1.54) is 0 Å². The molecule has 6 nitrogen and oxygen atoms in total. The van der Waals surface area contributed by atoms with Gasteiger partial charge in [-0.3, -0.25) is 0 Å². The van der Waals surface area contributed by atoms with E-state index in [1.54, 1.807) is 0 Å². The Hall–Kier alpha value is -4.19. The van der Waals surface area contributed by atoms with Gasteiger partial charge in [0.1, 0.15) is 5.82 Å². The summed E-state index contributed by atoms with van der Waals surface area (Å²) in [6.45, 7) is 2.00. The fraction of sp³-hybridized carbons (Fsp3) is 0.0800. The maximum Gasteiger partial charge on any atom is 0.161 e. The molecule has 0 aliphatic rings. The van der Waals surface area contributed by atoms with Crippen molar-refractivity contribution in [1.82, 2.24) is 19.7 Å². The van der Waals surface area contributed by atoms with Crippen molar-refractivity contribution in [3.05, 3.63) is 90.9 Å². The van der Waals surface area contributed by atoms with E-state index in [9.17, 15) is 0 Å². The van der Waals surface area contributed by atoms with Gasteiger partial charge in [0.05, 0.1) is 11.9 Å². The van der Waals surface area contributed by atoms with Crippen molar-refractivity contribution in [3.8, 4) is 11.3 Å². The minimum absolute atomic E-state index is 0.715. The zero-order chi connectivity index (χ0) is 21.2. The van der Waals surface area contributed by atoms with Crippen LogP contribution in [0.5, 0.6) is 0 Å². The Kier molecular flexibility index (Phi) is 4.80. The predicted octanol–water partition coefficient (Wildman–Crippen LogP) is 5.83. The summed E-state index contributed by atoms with van der Waals surface area (Å²) in [6, 6.07) is 26.3. The normalized spacial score (nSPS) is 10.9. The first-order valence-corrected chi connectivity index (χ1v) is 10.1. The van der Waals surface area contributed by atoms with Crippen LogP contribution in [-0.4, -0.2) is 19.7 Å². The Morgan fingerprint density at radius 2 is 1.32 bits per heavy atom. The van der Waals surface area contributed by atoms with Gasteiger partial charge in [-0.2, -0.15) is 0 Å². The minimum atomic E-state index is 0.715. The zero-order valence-electron chi connectivity index (χ0n) is 17.4. The third-order valence-corrected chi connectivity index (χ3v) is 5.37. The third kappa shape index (κ3) is 3.71. The molecule has 0 spiro atoms. The monoisotopic (exact) mass is 406 g/mol. The van der Waals surface area contributed by atoms with Gasteiger partial charge in [0.2, 0.25) is 0 Å². The Morgan fingerprint density at radius 1 is 0.710 bits per heavy atom. The largest absolute Gasteiger partial charge is 0.338 e. The van der Waals surface area contributed by atoms with Gasteiger partial charge in [-0.1, -0.05) is 54.6 Å². The van der Waals surface area contributed by atoms with Crippen LogP contribution < -0.4 is 10.6 Å². The molecule has 5 rings (SSSR count). The number of fused-ring (bicyclic) bond motifs is 1. The highest BCUT2D eigenvalue weighted by Crippen LogP contribution is 2.31. The van der Waals surface area contributed by atoms with Gasteiger partial charge < -0.3 is 15.2 Å². The zero-order valence-corrected chi connectivity index (χ0v) is 17.4. The van der Waals surface area contributed by atoms with E-state index in [0.29, 0.717) is 5.82 Å². The minimum Gasteiger partial charge on any atom is -0.338 e. The molecule has 0 aliphatic heterocycles. The van der Waals surface area contributed by atoms with E-state index in [-0.39, 0.29) is 0 Å². The lowest BCUT2D eigenvalue weighted by atomic mass is 10.1. The van der Waals surface area contributed by atoms with Crippen LogP contribution in [-0.2, 0) is 7.05 Å². The standard InChI is InChI=1S/C25H22N6/c1-17-26-16-23(31(17)2)18-9-8-12-20(15-18)28-25-22-14-7-6-13-21(22)24(29-30-25)27-19-10-4-3-5-11-19/h3-16H,1-2H3,(H,27,29)(H,28,30). The van der Waals surface area contributed by atoms with Crippen LogP contribution in [0.4, 0.5) is 23.0 Å². The van der Waals surface area contributed by atoms with Crippen LogP contribution in [0.25, 0.3) is 22.0 Å². The summed E-state index contributed by atoms with van der Waals surface area (Å²) < 4.78 is 2.08. The number of benzene rings is 3. The van der Waals surface area contributed by atoms with Crippen LogP contribution in [0, 0.1) is 6.92 Å². The van der Waals surface area contributed by atoms with Gasteiger partial charge in [0, 0.05) is 34.8 Å². The number of rotatable bonds is 5. The summed E-state index contributed by atoms with van der Waals surface area (Å²) in [7, 11) is 2.02. The topological polar surface area (TPSA) is 67.7 Å². The van der Waals surface area contributed by atoms with Gasteiger partial charge in [-0.05, 0) is 31.2 Å². The molecule has 3 aromatic carbocycles. The second-order valence-electron chi connectivity index (χ2n) is 7.39. The average Bonchev–Trinajstić information content (AvgIpc) is 3.15. The predicted molar refractivity (Wildman–Crippen MR) is 126 cm³/mol. The molecule has 0 saturated carbocycles. The van der Waals surface area contributed by atoms with Crippen molar-refractivity contribution < 1.29 is 0 Å². The third-order valence-electron chi connectivity index (χ3n) is 5.37. The summed E-state index contributed by atoms with van der Waals surface area (Å²) in [5.41, 5.74) is 4.08. The Labute approximate surface area is 180 Å². The maximum absolute atomic E-state index is 4.48. The SMILES string of the molecule is Cc1ncc(-c2cccc(Nc3nnc(Nc4ccccc4)c4ccccc34)c2)n1C. The molecule has 0 unspecified atom stereocenters. The van der Waals surface area contributed by atoms with E-state index in [1.807, 2.05) is 74.8 Å². The lowest BCUT2D eigenvalue weighted by Crippen LogP contribution is -2.02. The number of nitrogens with zero attached hydrogens (tertiary/aromatic N) is 4. The van der Waals surface area contributed by atoms with Crippen molar-refractivity contribution in [3.63, 3.8) is 0 Å². The van der Waals surface area contributed by atoms with Crippen molar-refractivity contribution in [2.45, 2.75) is 6.92 Å². The van der Waals surface area contributed by atoms with Gasteiger partial charge in [-0.15, -0.1) is 10.2 Å². The van der Waals surface area contributed by atoms with Gasteiger partial charge in [0.25, 0.3) is 0 Å². The number of hydrogen-bond acceptors (Lipinski definition) is 5. The van der Waals surface area contributed by atoms with Gasteiger partial charge in [0.15, 0.2) is 11.6 Å².